The predicted molar refractivity (Wildman–Crippen MR) is 89.1 cm³/mol. The minimum atomic E-state index is -0.281. The average molecular weight is 319 g/mol. The Morgan fingerprint density at radius 3 is 2.65 bits per heavy atom. The van der Waals surface area contributed by atoms with E-state index in [9.17, 15) is 9.59 Å². The largest absolute Gasteiger partial charge is 0.368 e. The van der Waals surface area contributed by atoms with Gasteiger partial charge in [-0.15, -0.1) is 0 Å². The molecule has 23 heavy (non-hydrogen) atoms. The molecule has 126 valence electrons. The van der Waals surface area contributed by atoms with Crippen LogP contribution in [0.4, 0.5) is 10.5 Å². The molecule has 1 aromatic heterocycles. The summed E-state index contributed by atoms with van der Waals surface area (Å²) in [5.41, 5.74) is 7.87. The summed E-state index contributed by atoms with van der Waals surface area (Å²) >= 11 is 0. The summed E-state index contributed by atoms with van der Waals surface area (Å²) < 4.78 is 0. The standard InChI is InChI=1S/C16H25N5O2/c1-11-9-13(10-12(2)19-11)20-16(23)18-6-8-21-7-4-3-5-14(21)15(17)22/h9-10,14H,3-8H2,1-2H3,(H2,17,22)(H2,18,19,20,23). The van der Waals surface area contributed by atoms with Crippen LogP contribution in [0.3, 0.4) is 0 Å². The molecule has 1 atom stereocenters. The summed E-state index contributed by atoms with van der Waals surface area (Å²) in [4.78, 5) is 29.7. The highest BCUT2D eigenvalue weighted by Gasteiger charge is 2.26. The normalized spacial score (nSPS) is 18.4. The fraction of sp³-hybridized carbons (Fsp3) is 0.562. The molecule has 0 bridgehead atoms. The van der Waals surface area contributed by atoms with E-state index in [-0.39, 0.29) is 18.0 Å². The Balaban J connectivity index is 1.79. The van der Waals surface area contributed by atoms with Crippen molar-refractivity contribution in [2.45, 2.75) is 39.2 Å². The molecule has 1 aliphatic rings. The van der Waals surface area contributed by atoms with Crippen molar-refractivity contribution >= 4 is 17.6 Å². The Morgan fingerprint density at radius 1 is 1.30 bits per heavy atom. The highest BCUT2D eigenvalue weighted by Crippen LogP contribution is 2.16. The first-order chi connectivity index (χ1) is 11.0. The van der Waals surface area contributed by atoms with E-state index in [2.05, 4.69) is 15.6 Å². The molecule has 1 aliphatic heterocycles. The Labute approximate surface area is 136 Å². The monoisotopic (exact) mass is 319 g/mol. The van der Waals surface area contributed by atoms with E-state index in [4.69, 9.17) is 5.73 Å². The number of carbonyl (C=O) groups is 2. The van der Waals surface area contributed by atoms with Crippen LogP contribution in [0.1, 0.15) is 30.7 Å². The second-order valence-corrected chi connectivity index (χ2v) is 5.97. The van der Waals surface area contributed by atoms with Crippen LogP contribution in [0.2, 0.25) is 0 Å². The van der Waals surface area contributed by atoms with Crippen molar-refractivity contribution in [3.05, 3.63) is 23.5 Å². The lowest BCUT2D eigenvalue weighted by Crippen LogP contribution is -2.50. The van der Waals surface area contributed by atoms with Gasteiger partial charge in [0, 0.05) is 30.2 Å². The van der Waals surface area contributed by atoms with Crippen LogP contribution in [0.15, 0.2) is 12.1 Å². The summed E-state index contributed by atoms with van der Waals surface area (Å²) in [5.74, 6) is -0.281. The van der Waals surface area contributed by atoms with Crippen molar-refractivity contribution in [3.8, 4) is 0 Å². The van der Waals surface area contributed by atoms with E-state index in [1.54, 1.807) is 0 Å². The number of aryl methyl sites for hydroxylation is 2. The number of primary amides is 1. The first kappa shape index (κ1) is 17.2. The number of nitrogens with two attached hydrogens (primary N) is 1. The first-order valence-electron chi connectivity index (χ1n) is 7.99. The Kier molecular flexibility index (Phi) is 5.92. The molecule has 2 rings (SSSR count). The Bertz CT molecular complexity index is 555. The molecule has 7 nitrogen and oxygen atoms in total. The second-order valence-electron chi connectivity index (χ2n) is 5.97. The molecular formula is C16H25N5O2. The number of amides is 3. The lowest BCUT2D eigenvalue weighted by molar-refractivity contribution is -0.124. The number of piperidine rings is 1. The summed E-state index contributed by atoms with van der Waals surface area (Å²) in [6.45, 7) is 5.71. The van der Waals surface area contributed by atoms with Gasteiger partial charge in [-0.1, -0.05) is 6.42 Å². The van der Waals surface area contributed by atoms with E-state index in [1.165, 1.54) is 0 Å². The third-order valence-corrected chi connectivity index (χ3v) is 3.97. The molecule has 3 amide bonds. The molecule has 1 unspecified atom stereocenters. The SMILES string of the molecule is Cc1cc(NC(=O)NCCN2CCCCC2C(N)=O)cc(C)n1. The highest BCUT2D eigenvalue weighted by atomic mass is 16.2. The maximum atomic E-state index is 11.9. The summed E-state index contributed by atoms with van der Waals surface area (Å²) in [5, 5.41) is 5.61. The van der Waals surface area contributed by atoms with Crippen molar-refractivity contribution < 1.29 is 9.59 Å². The van der Waals surface area contributed by atoms with Crippen LogP contribution < -0.4 is 16.4 Å². The zero-order chi connectivity index (χ0) is 16.8. The zero-order valence-corrected chi connectivity index (χ0v) is 13.8. The number of hydrogen-bond acceptors (Lipinski definition) is 4. The van der Waals surface area contributed by atoms with Crippen molar-refractivity contribution in [2.75, 3.05) is 25.0 Å². The van der Waals surface area contributed by atoms with Crippen LogP contribution in [0.25, 0.3) is 0 Å². The summed E-state index contributed by atoms with van der Waals surface area (Å²) in [6, 6.07) is 3.17. The third-order valence-electron chi connectivity index (χ3n) is 3.97. The van der Waals surface area contributed by atoms with E-state index in [0.29, 0.717) is 13.1 Å². The number of anilines is 1. The fourth-order valence-corrected chi connectivity index (χ4v) is 2.98. The van der Waals surface area contributed by atoms with Crippen LogP contribution in [0.5, 0.6) is 0 Å². The van der Waals surface area contributed by atoms with Crippen LogP contribution >= 0.6 is 0 Å². The van der Waals surface area contributed by atoms with Crippen LogP contribution in [-0.2, 0) is 4.79 Å². The molecule has 7 heteroatoms. The minimum Gasteiger partial charge on any atom is -0.368 e. The number of rotatable bonds is 5. The summed E-state index contributed by atoms with van der Waals surface area (Å²) in [7, 11) is 0. The molecule has 0 saturated carbocycles. The lowest BCUT2D eigenvalue weighted by Gasteiger charge is -2.33. The second kappa shape index (κ2) is 7.92. The van der Waals surface area contributed by atoms with Crippen molar-refractivity contribution in [1.82, 2.24) is 15.2 Å². The van der Waals surface area contributed by atoms with Crippen molar-refractivity contribution in [1.29, 1.82) is 0 Å². The van der Waals surface area contributed by atoms with Gasteiger partial charge in [0.1, 0.15) is 0 Å². The summed E-state index contributed by atoms with van der Waals surface area (Å²) in [6.07, 6.45) is 2.89. The number of likely N-dealkylation sites (tertiary alicyclic amines) is 1. The van der Waals surface area contributed by atoms with Gasteiger partial charge in [0.25, 0.3) is 0 Å². The highest BCUT2D eigenvalue weighted by molar-refractivity contribution is 5.89. The molecule has 1 saturated heterocycles. The van der Waals surface area contributed by atoms with Crippen LogP contribution in [-0.4, -0.2) is 47.5 Å². The van der Waals surface area contributed by atoms with Gasteiger partial charge >= 0.3 is 6.03 Å². The van der Waals surface area contributed by atoms with E-state index < -0.39 is 0 Å². The van der Waals surface area contributed by atoms with Gasteiger partial charge in [-0.25, -0.2) is 4.79 Å². The van der Waals surface area contributed by atoms with Gasteiger partial charge in [0.05, 0.1) is 6.04 Å². The zero-order valence-electron chi connectivity index (χ0n) is 13.8. The van der Waals surface area contributed by atoms with Gasteiger partial charge in [-0.3, -0.25) is 14.7 Å². The van der Waals surface area contributed by atoms with Gasteiger partial charge in [-0.05, 0) is 45.4 Å². The number of hydrogen-bond donors (Lipinski definition) is 3. The smallest absolute Gasteiger partial charge is 0.319 e. The Morgan fingerprint density at radius 2 is 2.00 bits per heavy atom. The minimum absolute atomic E-state index is 0.209. The number of nitrogens with zero attached hydrogens (tertiary/aromatic N) is 2. The molecule has 0 aliphatic carbocycles. The molecule has 4 N–H and O–H groups in total. The molecule has 1 aromatic rings. The van der Waals surface area contributed by atoms with Crippen molar-refractivity contribution in [3.63, 3.8) is 0 Å². The van der Waals surface area contributed by atoms with E-state index in [1.807, 2.05) is 30.9 Å². The maximum absolute atomic E-state index is 11.9. The topological polar surface area (TPSA) is 100 Å². The van der Waals surface area contributed by atoms with Gasteiger partial charge in [0.2, 0.25) is 5.91 Å². The van der Waals surface area contributed by atoms with Gasteiger partial charge in [0.15, 0.2) is 0 Å². The molecule has 1 fully saturated rings. The number of carbonyl (C=O) groups excluding carboxylic acids is 2. The molecule has 0 aromatic carbocycles. The van der Waals surface area contributed by atoms with E-state index >= 15 is 0 Å². The number of aromatic nitrogens is 1. The number of pyridine rings is 1. The Hall–Kier alpha value is -2.15. The molecule has 0 radical (unpaired) electrons. The van der Waals surface area contributed by atoms with Gasteiger partial charge < -0.3 is 16.4 Å². The number of nitrogens with one attached hydrogen (secondary N) is 2. The number of urea groups is 1. The maximum Gasteiger partial charge on any atom is 0.319 e. The third kappa shape index (κ3) is 5.21. The predicted octanol–water partition coefficient (Wildman–Crippen LogP) is 1.16. The first-order valence-corrected chi connectivity index (χ1v) is 7.99. The van der Waals surface area contributed by atoms with Crippen LogP contribution in [0, 0.1) is 13.8 Å². The fourth-order valence-electron chi connectivity index (χ4n) is 2.98. The van der Waals surface area contributed by atoms with E-state index in [0.717, 1.165) is 42.9 Å². The quantitative estimate of drug-likeness (QED) is 0.758. The van der Waals surface area contributed by atoms with Gasteiger partial charge in [-0.2, -0.15) is 0 Å². The van der Waals surface area contributed by atoms with Crippen molar-refractivity contribution in [2.24, 2.45) is 5.73 Å². The molecular weight excluding hydrogens is 294 g/mol. The lowest BCUT2D eigenvalue weighted by atomic mass is 10.0. The molecule has 0 spiro atoms. The average Bonchev–Trinajstić information content (AvgIpc) is 2.46. The molecule has 2 heterocycles.